The van der Waals surface area contributed by atoms with Crippen LogP contribution in [0.15, 0.2) is 28.3 Å². The Labute approximate surface area is 134 Å². The third-order valence-electron chi connectivity index (χ3n) is 3.08. The second-order valence-corrected chi connectivity index (χ2v) is 7.12. The molecule has 0 spiro atoms. The molecule has 4 nitrogen and oxygen atoms in total. The Morgan fingerprint density at radius 3 is 3.10 bits per heavy atom. The van der Waals surface area contributed by atoms with E-state index in [9.17, 15) is 0 Å². The molecule has 2 atom stereocenters. The molecule has 0 fully saturated rings. The molecule has 6 heteroatoms. The van der Waals surface area contributed by atoms with E-state index in [-0.39, 0.29) is 6.10 Å². The summed E-state index contributed by atoms with van der Waals surface area (Å²) >= 11 is 3.65. The predicted molar refractivity (Wildman–Crippen MR) is 86.1 cm³/mol. The molecule has 2 heterocycles. The lowest BCUT2D eigenvalue weighted by atomic mass is 10.1. The zero-order valence-corrected chi connectivity index (χ0v) is 13.9. The van der Waals surface area contributed by atoms with Gasteiger partial charge < -0.3 is 18.9 Å². The summed E-state index contributed by atoms with van der Waals surface area (Å²) in [5.74, 6) is 0. The highest BCUT2D eigenvalue weighted by Gasteiger charge is 2.29. The van der Waals surface area contributed by atoms with Gasteiger partial charge >= 0.3 is 0 Å². The van der Waals surface area contributed by atoms with Crippen LogP contribution in [0.2, 0.25) is 0 Å². The lowest BCUT2D eigenvalue weighted by Gasteiger charge is -2.28. The Hall–Kier alpha value is -0.370. The normalized spacial score (nSPS) is 21.2. The maximum atomic E-state index is 5.89. The third-order valence-corrected chi connectivity index (χ3v) is 5.49. The fourth-order valence-corrected chi connectivity index (χ4v) is 4.62. The summed E-state index contributed by atoms with van der Waals surface area (Å²) in [5.41, 5.74) is 1.28. The molecule has 2 unspecified atom stereocenters. The first-order valence-electron chi connectivity index (χ1n) is 6.96. The molecule has 1 aliphatic rings. The van der Waals surface area contributed by atoms with Crippen molar-refractivity contribution in [3.8, 4) is 0 Å². The topological polar surface area (TPSA) is 36.9 Å². The van der Waals surface area contributed by atoms with Gasteiger partial charge in [-0.3, -0.25) is 0 Å². The molecule has 0 saturated carbocycles. The second kappa shape index (κ2) is 9.61. The maximum Gasteiger partial charge on any atom is 0.147 e. The van der Waals surface area contributed by atoms with E-state index in [1.807, 2.05) is 11.8 Å². The lowest BCUT2D eigenvalue weighted by molar-refractivity contribution is -0.103. The third kappa shape index (κ3) is 5.39. The smallest absolute Gasteiger partial charge is 0.147 e. The van der Waals surface area contributed by atoms with Gasteiger partial charge in [-0.05, 0) is 17.9 Å². The van der Waals surface area contributed by atoms with Crippen LogP contribution in [-0.4, -0.2) is 45.6 Å². The van der Waals surface area contributed by atoms with Crippen molar-refractivity contribution < 1.29 is 18.9 Å². The van der Waals surface area contributed by atoms with E-state index < -0.39 is 0 Å². The van der Waals surface area contributed by atoms with Crippen molar-refractivity contribution in [1.82, 2.24) is 0 Å². The average Bonchev–Trinajstić information content (AvgIpc) is 2.96. The summed E-state index contributed by atoms with van der Waals surface area (Å²) < 4.78 is 23.2. The van der Waals surface area contributed by atoms with Gasteiger partial charge in [0.1, 0.15) is 6.79 Å². The van der Waals surface area contributed by atoms with E-state index >= 15 is 0 Å². The van der Waals surface area contributed by atoms with Crippen LogP contribution >= 0.6 is 23.1 Å². The molecule has 0 radical (unpaired) electrons. The highest BCUT2D eigenvalue weighted by Crippen LogP contribution is 2.45. The molecule has 21 heavy (non-hydrogen) atoms. The number of thiophene rings is 1. The van der Waals surface area contributed by atoms with E-state index in [1.165, 1.54) is 9.77 Å². The fraction of sp³-hybridized carbons (Fsp3) is 0.600. The molecule has 0 N–H and O–H groups in total. The Bertz CT molecular complexity index is 422. The van der Waals surface area contributed by atoms with Gasteiger partial charge in [0.25, 0.3) is 0 Å². The zero-order valence-electron chi connectivity index (χ0n) is 12.3. The minimum Gasteiger partial charge on any atom is -0.382 e. The van der Waals surface area contributed by atoms with Gasteiger partial charge in [-0.2, -0.15) is 0 Å². The average molecular weight is 330 g/mol. The number of methoxy groups -OCH3 is 1. The minimum absolute atomic E-state index is 0.0902. The lowest BCUT2D eigenvalue weighted by Crippen LogP contribution is -2.22. The minimum atomic E-state index is 0.0902. The van der Waals surface area contributed by atoms with Crippen LogP contribution in [0.5, 0.6) is 0 Å². The molecular formula is C15H22O4S2. The highest BCUT2D eigenvalue weighted by atomic mass is 32.2. The van der Waals surface area contributed by atoms with Gasteiger partial charge in [0.15, 0.2) is 0 Å². The summed E-state index contributed by atoms with van der Waals surface area (Å²) in [6.45, 7) is 6.43. The largest absolute Gasteiger partial charge is 0.382 e. The van der Waals surface area contributed by atoms with Crippen molar-refractivity contribution in [2.75, 3.05) is 40.3 Å². The Morgan fingerprint density at radius 2 is 2.29 bits per heavy atom. The van der Waals surface area contributed by atoms with E-state index in [4.69, 9.17) is 18.9 Å². The summed E-state index contributed by atoms with van der Waals surface area (Å²) in [7, 11) is 1.66. The molecule has 1 aromatic heterocycles. The standard InChI is InChI=1S/C15H22O4S2/c1-3-5-17-10-12-9-14(19-11-18-7-6-16-2)13-4-8-20-15(13)21-12/h3-4,8,12,14H,1,5-7,9-11H2,2H3. The molecule has 2 rings (SSSR count). The molecule has 0 aromatic carbocycles. The van der Waals surface area contributed by atoms with Gasteiger partial charge in [-0.1, -0.05) is 6.08 Å². The van der Waals surface area contributed by atoms with Crippen LogP contribution < -0.4 is 0 Å². The molecule has 0 bridgehead atoms. The van der Waals surface area contributed by atoms with Crippen LogP contribution in [0.25, 0.3) is 0 Å². The zero-order chi connectivity index (χ0) is 14.9. The number of hydrogen-bond donors (Lipinski definition) is 0. The number of fused-ring (bicyclic) bond motifs is 1. The second-order valence-electron chi connectivity index (χ2n) is 4.64. The molecule has 1 aliphatic heterocycles. The highest BCUT2D eigenvalue weighted by molar-refractivity contribution is 8.01. The number of rotatable bonds is 10. The number of thioether (sulfide) groups is 1. The molecule has 0 aliphatic carbocycles. The van der Waals surface area contributed by atoms with E-state index in [1.54, 1.807) is 24.5 Å². The van der Waals surface area contributed by atoms with Crippen molar-refractivity contribution in [3.63, 3.8) is 0 Å². The number of hydrogen-bond acceptors (Lipinski definition) is 6. The van der Waals surface area contributed by atoms with Crippen molar-refractivity contribution in [3.05, 3.63) is 29.7 Å². The fourth-order valence-electron chi connectivity index (χ4n) is 2.08. The maximum absolute atomic E-state index is 5.89. The van der Waals surface area contributed by atoms with Crippen LogP contribution in [0.3, 0.4) is 0 Å². The first kappa shape index (κ1) is 17.0. The van der Waals surface area contributed by atoms with Gasteiger partial charge in [0, 0.05) is 17.9 Å². The van der Waals surface area contributed by atoms with E-state index in [0.717, 1.165) is 13.0 Å². The van der Waals surface area contributed by atoms with Crippen molar-refractivity contribution in [2.45, 2.75) is 22.0 Å². The van der Waals surface area contributed by atoms with Gasteiger partial charge in [0.2, 0.25) is 0 Å². The van der Waals surface area contributed by atoms with Crippen molar-refractivity contribution >= 4 is 23.1 Å². The van der Waals surface area contributed by atoms with Crippen LogP contribution in [0.4, 0.5) is 0 Å². The SMILES string of the molecule is C=CCOCC1CC(OCOCCOC)c2ccsc2S1. The molecule has 1 aromatic rings. The molecule has 0 saturated heterocycles. The first-order valence-corrected chi connectivity index (χ1v) is 8.72. The molecule has 118 valence electrons. The van der Waals surface area contributed by atoms with Gasteiger partial charge in [-0.15, -0.1) is 29.7 Å². The summed E-state index contributed by atoms with van der Waals surface area (Å²) in [6.07, 6.45) is 2.81. The summed E-state index contributed by atoms with van der Waals surface area (Å²) in [6, 6.07) is 2.15. The molecule has 0 amide bonds. The van der Waals surface area contributed by atoms with Gasteiger partial charge in [0.05, 0.1) is 36.7 Å². The van der Waals surface area contributed by atoms with Gasteiger partial charge in [-0.25, -0.2) is 0 Å². The summed E-state index contributed by atoms with van der Waals surface area (Å²) in [5, 5.41) is 2.53. The number of ether oxygens (including phenoxy) is 4. The Balaban J connectivity index is 1.82. The first-order chi connectivity index (χ1) is 10.3. The quantitative estimate of drug-likeness (QED) is 0.373. The van der Waals surface area contributed by atoms with Crippen LogP contribution in [-0.2, 0) is 18.9 Å². The van der Waals surface area contributed by atoms with E-state index in [2.05, 4.69) is 18.0 Å². The monoisotopic (exact) mass is 330 g/mol. The van der Waals surface area contributed by atoms with Crippen molar-refractivity contribution in [2.24, 2.45) is 0 Å². The van der Waals surface area contributed by atoms with Crippen LogP contribution in [0.1, 0.15) is 18.1 Å². The Morgan fingerprint density at radius 1 is 1.38 bits per heavy atom. The predicted octanol–water partition coefficient (Wildman–Crippen LogP) is 3.49. The summed E-state index contributed by atoms with van der Waals surface area (Å²) in [4.78, 5) is 0. The van der Waals surface area contributed by atoms with Crippen molar-refractivity contribution in [1.29, 1.82) is 0 Å². The van der Waals surface area contributed by atoms with Crippen LogP contribution in [0, 0.1) is 0 Å². The Kier molecular flexibility index (Phi) is 7.77. The molecular weight excluding hydrogens is 308 g/mol. The van der Waals surface area contributed by atoms with E-state index in [0.29, 0.717) is 31.9 Å².